The van der Waals surface area contributed by atoms with Crippen molar-refractivity contribution in [1.82, 2.24) is 15.6 Å². The molecule has 3 heterocycles. The number of nitrogens with zero attached hydrogens (tertiary/aromatic N) is 3. The minimum Gasteiger partial charge on any atom is -0.386 e. The van der Waals surface area contributed by atoms with Gasteiger partial charge in [-0.15, -0.1) is 11.3 Å². The molecule has 0 bridgehead atoms. The van der Waals surface area contributed by atoms with E-state index in [1.807, 2.05) is 18.3 Å². The lowest BCUT2D eigenvalue weighted by atomic mass is 10.2. The van der Waals surface area contributed by atoms with Crippen molar-refractivity contribution in [3.8, 4) is 0 Å². The maximum Gasteiger partial charge on any atom is 0.191 e. The van der Waals surface area contributed by atoms with Gasteiger partial charge < -0.3 is 20.6 Å². The zero-order valence-electron chi connectivity index (χ0n) is 16.6. The Hall–Kier alpha value is -2.64. The van der Waals surface area contributed by atoms with Crippen LogP contribution in [-0.4, -0.2) is 42.7 Å². The van der Waals surface area contributed by atoms with Crippen molar-refractivity contribution in [3.05, 3.63) is 59.1 Å². The van der Waals surface area contributed by atoms with Crippen LogP contribution in [0.3, 0.4) is 0 Å². The van der Waals surface area contributed by atoms with Gasteiger partial charge in [0, 0.05) is 49.0 Å². The molecule has 7 heteroatoms. The standard InChI is InChI=1S/C22H27N5OS/c1-23-22(25-14-16-8-9-21(24-13-16)27-10-4-5-11-27)26-15-18(28)20-12-17-6-2-3-7-19(17)29-20/h2-3,6-9,12-13,18,28H,4-5,10-11,14-15H2,1H3,(H2,23,25,26). The molecule has 0 amide bonds. The predicted octanol–water partition coefficient (Wildman–Crippen LogP) is 3.30. The Morgan fingerprint density at radius 3 is 2.76 bits per heavy atom. The highest BCUT2D eigenvalue weighted by Crippen LogP contribution is 2.29. The number of hydrogen-bond acceptors (Lipinski definition) is 5. The Balaban J connectivity index is 1.28. The fraction of sp³-hybridized carbons (Fsp3) is 0.364. The van der Waals surface area contributed by atoms with E-state index in [0.29, 0.717) is 19.0 Å². The normalized spacial score (nSPS) is 15.7. The summed E-state index contributed by atoms with van der Waals surface area (Å²) in [4.78, 5) is 12.1. The van der Waals surface area contributed by atoms with Crippen molar-refractivity contribution in [1.29, 1.82) is 0 Å². The molecular formula is C22H27N5OS. The molecule has 1 aliphatic rings. The van der Waals surface area contributed by atoms with Crippen LogP contribution in [0.1, 0.15) is 29.4 Å². The number of guanidine groups is 1. The molecule has 3 N–H and O–H groups in total. The summed E-state index contributed by atoms with van der Waals surface area (Å²) >= 11 is 1.62. The van der Waals surface area contributed by atoms with E-state index in [0.717, 1.165) is 29.3 Å². The first-order valence-corrected chi connectivity index (χ1v) is 10.9. The number of aliphatic hydroxyl groups is 1. The third kappa shape index (κ3) is 4.86. The molecule has 1 unspecified atom stereocenters. The first-order chi connectivity index (χ1) is 14.2. The van der Waals surface area contributed by atoms with Gasteiger partial charge in [0.05, 0.1) is 0 Å². The number of benzene rings is 1. The second kappa shape index (κ2) is 9.24. The SMILES string of the molecule is CN=C(NCc1ccc(N2CCCC2)nc1)NCC(O)c1cc2ccccc2s1. The smallest absolute Gasteiger partial charge is 0.191 e. The van der Waals surface area contributed by atoms with Gasteiger partial charge in [0.1, 0.15) is 11.9 Å². The highest BCUT2D eigenvalue weighted by molar-refractivity contribution is 7.19. The lowest BCUT2D eigenvalue weighted by molar-refractivity contribution is 0.184. The summed E-state index contributed by atoms with van der Waals surface area (Å²) in [6.07, 6.45) is 3.84. The molecule has 152 valence electrons. The van der Waals surface area contributed by atoms with E-state index in [2.05, 4.69) is 55.8 Å². The molecule has 29 heavy (non-hydrogen) atoms. The summed E-state index contributed by atoms with van der Waals surface area (Å²) in [6, 6.07) is 14.4. The molecule has 3 aromatic rings. The van der Waals surface area contributed by atoms with Crippen molar-refractivity contribution in [2.75, 3.05) is 31.6 Å². The van der Waals surface area contributed by atoms with E-state index in [1.165, 1.54) is 22.9 Å². The van der Waals surface area contributed by atoms with E-state index in [-0.39, 0.29) is 0 Å². The quantitative estimate of drug-likeness (QED) is 0.430. The lowest BCUT2D eigenvalue weighted by Gasteiger charge is -2.17. The number of aliphatic imine (C=N–C) groups is 1. The number of pyridine rings is 1. The van der Waals surface area contributed by atoms with Gasteiger partial charge in [0.15, 0.2) is 5.96 Å². The van der Waals surface area contributed by atoms with Crippen molar-refractivity contribution in [2.24, 2.45) is 4.99 Å². The van der Waals surface area contributed by atoms with Crippen LogP contribution in [0.15, 0.2) is 53.7 Å². The summed E-state index contributed by atoms with van der Waals surface area (Å²) in [7, 11) is 1.73. The highest BCUT2D eigenvalue weighted by Gasteiger charge is 2.14. The molecule has 6 nitrogen and oxygen atoms in total. The summed E-state index contributed by atoms with van der Waals surface area (Å²) < 4.78 is 1.19. The van der Waals surface area contributed by atoms with Gasteiger partial charge >= 0.3 is 0 Å². The van der Waals surface area contributed by atoms with Crippen LogP contribution in [-0.2, 0) is 6.54 Å². The number of anilines is 1. The van der Waals surface area contributed by atoms with Crippen molar-refractivity contribution in [2.45, 2.75) is 25.5 Å². The topological polar surface area (TPSA) is 72.8 Å². The van der Waals surface area contributed by atoms with E-state index in [4.69, 9.17) is 0 Å². The fourth-order valence-corrected chi connectivity index (χ4v) is 4.57. The van der Waals surface area contributed by atoms with Gasteiger partial charge in [-0.2, -0.15) is 0 Å². The second-order valence-electron chi connectivity index (χ2n) is 7.23. The molecule has 0 spiro atoms. The van der Waals surface area contributed by atoms with Crippen LogP contribution in [0.2, 0.25) is 0 Å². The summed E-state index contributed by atoms with van der Waals surface area (Å²) in [5, 5.41) is 18.2. The maximum absolute atomic E-state index is 10.5. The third-order valence-electron chi connectivity index (χ3n) is 5.16. The van der Waals surface area contributed by atoms with Crippen LogP contribution >= 0.6 is 11.3 Å². The molecule has 1 saturated heterocycles. The second-order valence-corrected chi connectivity index (χ2v) is 8.34. The van der Waals surface area contributed by atoms with Gasteiger partial charge in [-0.25, -0.2) is 4.98 Å². The highest BCUT2D eigenvalue weighted by atomic mass is 32.1. The number of thiophene rings is 1. The average molecular weight is 410 g/mol. The number of aromatic nitrogens is 1. The Morgan fingerprint density at radius 2 is 2.03 bits per heavy atom. The molecule has 4 rings (SSSR count). The Bertz CT molecular complexity index is 930. The minimum absolute atomic E-state index is 0.401. The number of fused-ring (bicyclic) bond motifs is 1. The third-order valence-corrected chi connectivity index (χ3v) is 6.38. The Kier molecular flexibility index (Phi) is 6.27. The Morgan fingerprint density at radius 1 is 1.21 bits per heavy atom. The predicted molar refractivity (Wildman–Crippen MR) is 121 cm³/mol. The first-order valence-electron chi connectivity index (χ1n) is 10.0. The molecule has 1 aromatic carbocycles. The van der Waals surface area contributed by atoms with E-state index in [1.54, 1.807) is 18.4 Å². The molecular weight excluding hydrogens is 382 g/mol. The molecule has 0 radical (unpaired) electrons. The molecule has 1 fully saturated rings. The molecule has 1 aliphatic heterocycles. The van der Waals surface area contributed by atoms with E-state index in [9.17, 15) is 5.11 Å². The van der Waals surface area contributed by atoms with Crippen molar-refractivity contribution in [3.63, 3.8) is 0 Å². The average Bonchev–Trinajstić information content (AvgIpc) is 3.44. The van der Waals surface area contributed by atoms with Crippen LogP contribution < -0.4 is 15.5 Å². The first kappa shape index (κ1) is 19.7. The summed E-state index contributed by atoms with van der Waals surface area (Å²) in [5.41, 5.74) is 1.10. The van der Waals surface area contributed by atoms with E-state index < -0.39 is 6.10 Å². The van der Waals surface area contributed by atoms with Gasteiger partial charge in [-0.3, -0.25) is 4.99 Å². The van der Waals surface area contributed by atoms with Crippen LogP contribution in [0.4, 0.5) is 5.82 Å². The summed E-state index contributed by atoms with van der Waals surface area (Å²) in [6.45, 7) is 3.23. The molecule has 2 aromatic heterocycles. The number of aliphatic hydroxyl groups excluding tert-OH is 1. The number of nitrogens with one attached hydrogen (secondary N) is 2. The van der Waals surface area contributed by atoms with Crippen LogP contribution in [0, 0.1) is 0 Å². The molecule has 0 saturated carbocycles. The van der Waals surface area contributed by atoms with Gasteiger partial charge in [-0.05, 0) is 42.0 Å². The molecule has 0 aliphatic carbocycles. The summed E-state index contributed by atoms with van der Waals surface area (Å²) in [5.74, 6) is 1.72. The van der Waals surface area contributed by atoms with Crippen molar-refractivity contribution >= 4 is 33.2 Å². The largest absolute Gasteiger partial charge is 0.386 e. The Labute approximate surface area is 175 Å². The maximum atomic E-state index is 10.5. The van der Waals surface area contributed by atoms with Crippen LogP contribution in [0.5, 0.6) is 0 Å². The lowest BCUT2D eigenvalue weighted by Crippen LogP contribution is -2.38. The zero-order valence-corrected chi connectivity index (χ0v) is 17.5. The van der Waals surface area contributed by atoms with Crippen LogP contribution in [0.25, 0.3) is 10.1 Å². The van der Waals surface area contributed by atoms with E-state index >= 15 is 0 Å². The van der Waals surface area contributed by atoms with Gasteiger partial charge in [-0.1, -0.05) is 24.3 Å². The minimum atomic E-state index is -0.577. The number of rotatable bonds is 6. The van der Waals surface area contributed by atoms with Gasteiger partial charge in [0.2, 0.25) is 0 Å². The molecule has 1 atom stereocenters. The van der Waals surface area contributed by atoms with Crippen molar-refractivity contribution < 1.29 is 5.11 Å². The fourth-order valence-electron chi connectivity index (χ4n) is 3.52. The number of hydrogen-bond donors (Lipinski definition) is 3. The van der Waals surface area contributed by atoms with Gasteiger partial charge in [0.25, 0.3) is 0 Å². The monoisotopic (exact) mass is 409 g/mol. The zero-order chi connectivity index (χ0) is 20.1.